The van der Waals surface area contributed by atoms with Gasteiger partial charge in [0, 0.05) is 0 Å². The van der Waals surface area contributed by atoms with Crippen molar-refractivity contribution in [3.63, 3.8) is 0 Å². The average molecular weight is 306 g/mol. The Labute approximate surface area is 139 Å². The number of fused-ring (bicyclic) bond motifs is 5. The fraction of sp³-hybridized carbons (Fsp3) is 0.455. The van der Waals surface area contributed by atoms with Gasteiger partial charge in [0.2, 0.25) is 0 Å². The summed E-state index contributed by atoms with van der Waals surface area (Å²) in [6.07, 6.45) is 9.99. The number of rotatable bonds is 2. The van der Waals surface area contributed by atoms with E-state index in [2.05, 4.69) is 38.1 Å². The number of aryl methyl sites for hydroxylation is 1. The lowest BCUT2D eigenvalue weighted by molar-refractivity contribution is 0.306. The smallest absolute Gasteiger partial charge is 0.116 e. The molecule has 0 bridgehead atoms. The van der Waals surface area contributed by atoms with Crippen LogP contribution in [0.5, 0.6) is 5.75 Å². The lowest BCUT2D eigenvalue weighted by Gasteiger charge is -2.39. The van der Waals surface area contributed by atoms with E-state index in [0.717, 1.165) is 6.42 Å². The molecular weight excluding hydrogens is 280 g/mol. The van der Waals surface area contributed by atoms with Crippen molar-refractivity contribution in [3.8, 4) is 5.75 Å². The number of allylic oxidation sites excluding steroid dienone is 2. The minimum atomic E-state index is 0.365. The number of phenols is 1. The van der Waals surface area contributed by atoms with Crippen molar-refractivity contribution < 1.29 is 5.11 Å². The monoisotopic (exact) mass is 306 g/mol. The van der Waals surface area contributed by atoms with Gasteiger partial charge in [-0.05, 0) is 77.5 Å². The molecule has 0 spiro atoms. The maximum atomic E-state index is 9.74. The Hall–Kier alpha value is -1.76. The number of phenolic OH excluding ortho intramolecular Hbond substituents is 1. The molecule has 2 unspecified atom stereocenters. The predicted octanol–water partition coefficient (Wildman–Crippen LogP) is 6.10. The van der Waals surface area contributed by atoms with Gasteiger partial charge in [-0.1, -0.05) is 50.1 Å². The molecular formula is C22H26O. The Bertz CT molecular complexity index is 786. The van der Waals surface area contributed by atoms with Gasteiger partial charge in [0.1, 0.15) is 5.75 Å². The highest BCUT2D eigenvalue weighted by molar-refractivity contribution is 5.88. The molecule has 1 heteroatoms. The third-order valence-electron chi connectivity index (χ3n) is 6.31. The zero-order valence-electron chi connectivity index (χ0n) is 14.2. The van der Waals surface area contributed by atoms with Crippen LogP contribution < -0.4 is 0 Å². The van der Waals surface area contributed by atoms with E-state index >= 15 is 0 Å². The molecule has 120 valence electrons. The Morgan fingerprint density at radius 1 is 1.22 bits per heavy atom. The van der Waals surface area contributed by atoms with Gasteiger partial charge in [-0.2, -0.15) is 0 Å². The lowest BCUT2D eigenvalue weighted by Crippen LogP contribution is -2.28. The van der Waals surface area contributed by atoms with Gasteiger partial charge in [-0.3, -0.25) is 0 Å². The first-order valence-electron chi connectivity index (χ1n) is 9.07. The second-order valence-corrected chi connectivity index (χ2v) is 7.57. The molecule has 2 atom stereocenters. The van der Waals surface area contributed by atoms with Crippen molar-refractivity contribution in [1.29, 1.82) is 0 Å². The van der Waals surface area contributed by atoms with E-state index in [-0.39, 0.29) is 0 Å². The number of benzene rings is 2. The van der Waals surface area contributed by atoms with Gasteiger partial charge < -0.3 is 5.11 Å². The summed E-state index contributed by atoms with van der Waals surface area (Å²) in [6.45, 7) is 4.76. The van der Waals surface area contributed by atoms with Crippen LogP contribution in [-0.4, -0.2) is 5.11 Å². The summed E-state index contributed by atoms with van der Waals surface area (Å²) in [5.41, 5.74) is 5.17. The summed E-state index contributed by atoms with van der Waals surface area (Å²) in [6, 6.07) is 10.4. The van der Waals surface area contributed by atoms with E-state index in [1.54, 1.807) is 11.1 Å². The normalized spacial score (nSPS) is 28.1. The van der Waals surface area contributed by atoms with Crippen LogP contribution in [0.3, 0.4) is 0 Å². The third kappa shape index (κ3) is 2.21. The van der Waals surface area contributed by atoms with Crippen molar-refractivity contribution in [2.24, 2.45) is 5.41 Å². The summed E-state index contributed by atoms with van der Waals surface area (Å²) >= 11 is 0. The van der Waals surface area contributed by atoms with E-state index < -0.39 is 0 Å². The van der Waals surface area contributed by atoms with Crippen molar-refractivity contribution in [2.45, 2.75) is 58.3 Å². The van der Waals surface area contributed by atoms with E-state index in [0.29, 0.717) is 17.1 Å². The van der Waals surface area contributed by atoms with Gasteiger partial charge in [0.25, 0.3) is 0 Å². The van der Waals surface area contributed by atoms with Crippen molar-refractivity contribution >= 4 is 10.8 Å². The van der Waals surface area contributed by atoms with E-state index in [4.69, 9.17) is 0 Å². The Balaban J connectivity index is 1.81. The van der Waals surface area contributed by atoms with Gasteiger partial charge in [0.05, 0.1) is 0 Å². The zero-order chi connectivity index (χ0) is 16.0. The number of aromatic hydroxyl groups is 1. The first-order chi connectivity index (χ1) is 11.1. The molecule has 0 aromatic heterocycles. The van der Waals surface area contributed by atoms with Crippen molar-refractivity contribution in [2.75, 3.05) is 0 Å². The minimum Gasteiger partial charge on any atom is -0.508 e. The molecule has 0 saturated heterocycles. The standard InChI is InChI=1S/C22H26O/c1-3-4-5-16-7-11-21-20-9-6-15-14-17(23)8-10-18(15)19(20)12-13-22(16,21)2/h5-6,8-10,14,21,23H,3-4,7,11-13H2,1-2H3/b16-5-. The summed E-state index contributed by atoms with van der Waals surface area (Å²) in [4.78, 5) is 0. The molecule has 2 aliphatic carbocycles. The van der Waals surface area contributed by atoms with Crippen molar-refractivity contribution in [3.05, 3.63) is 53.1 Å². The molecule has 0 heterocycles. The highest BCUT2D eigenvalue weighted by Crippen LogP contribution is 2.59. The van der Waals surface area contributed by atoms with E-state index in [1.807, 2.05) is 12.1 Å². The third-order valence-corrected chi connectivity index (χ3v) is 6.31. The zero-order valence-corrected chi connectivity index (χ0v) is 14.2. The van der Waals surface area contributed by atoms with Gasteiger partial charge in [-0.25, -0.2) is 0 Å². The summed E-state index contributed by atoms with van der Waals surface area (Å²) in [5, 5.41) is 12.2. The Kier molecular flexibility index (Phi) is 3.48. The molecule has 1 nitrogen and oxygen atoms in total. The second-order valence-electron chi connectivity index (χ2n) is 7.57. The second kappa shape index (κ2) is 5.40. The van der Waals surface area contributed by atoms with Crippen LogP contribution in [-0.2, 0) is 6.42 Å². The van der Waals surface area contributed by atoms with E-state index in [9.17, 15) is 5.11 Å². The Morgan fingerprint density at radius 2 is 2.09 bits per heavy atom. The van der Waals surface area contributed by atoms with Crippen LogP contribution in [0.4, 0.5) is 0 Å². The highest BCUT2D eigenvalue weighted by Gasteiger charge is 2.46. The van der Waals surface area contributed by atoms with Gasteiger partial charge in [-0.15, -0.1) is 0 Å². The number of unbranched alkanes of at least 4 members (excludes halogenated alkanes) is 1. The molecule has 2 aromatic rings. The first-order valence-corrected chi connectivity index (χ1v) is 9.07. The van der Waals surface area contributed by atoms with E-state index in [1.165, 1.54) is 48.4 Å². The van der Waals surface area contributed by atoms with Gasteiger partial charge >= 0.3 is 0 Å². The van der Waals surface area contributed by atoms with Crippen LogP contribution in [0.25, 0.3) is 10.8 Å². The molecule has 2 aromatic carbocycles. The molecule has 0 radical (unpaired) electrons. The van der Waals surface area contributed by atoms with Crippen LogP contribution in [0, 0.1) is 5.41 Å². The quantitative estimate of drug-likeness (QED) is 0.664. The summed E-state index contributed by atoms with van der Waals surface area (Å²) in [7, 11) is 0. The Morgan fingerprint density at radius 3 is 2.91 bits per heavy atom. The molecule has 0 aliphatic heterocycles. The maximum absolute atomic E-state index is 9.74. The summed E-state index contributed by atoms with van der Waals surface area (Å²) < 4.78 is 0. The van der Waals surface area contributed by atoms with Crippen LogP contribution >= 0.6 is 0 Å². The average Bonchev–Trinajstić information content (AvgIpc) is 2.89. The van der Waals surface area contributed by atoms with Crippen LogP contribution in [0.1, 0.15) is 63.0 Å². The molecule has 1 fully saturated rings. The molecule has 0 amide bonds. The molecule has 23 heavy (non-hydrogen) atoms. The number of hydrogen-bond donors (Lipinski definition) is 1. The lowest BCUT2D eigenvalue weighted by atomic mass is 9.64. The maximum Gasteiger partial charge on any atom is 0.116 e. The van der Waals surface area contributed by atoms with Gasteiger partial charge in [0.15, 0.2) is 0 Å². The van der Waals surface area contributed by atoms with Crippen LogP contribution in [0.2, 0.25) is 0 Å². The fourth-order valence-corrected chi connectivity index (χ4v) is 5.00. The topological polar surface area (TPSA) is 20.2 Å². The highest BCUT2D eigenvalue weighted by atomic mass is 16.3. The minimum absolute atomic E-state index is 0.365. The SMILES string of the molecule is CCC/C=C1/CCC2c3ccc4cc(O)ccc4c3CCC12C. The predicted molar refractivity (Wildman–Crippen MR) is 97.0 cm³/mol. The summed E-state index contributed by atoms with van der Waals surface area (Å²) in [5.74, 6) is 1.04. The van der Waals surface area contributed by atoms with Crippen LogP contribution in [0.15, 0.2) is 42.0 Å². The molecule has 1 saturated carbocycles. The molecule has 1 N–H and O–H groups in total. The number of hydrogen-bond acceptors (Lipinski definition) is 1. The van der Waals surface area contributed by atoms with Crippen molar-refractivity contribution in [1.82, 2.24) is 0 Å². The largest absolute Gasteiger partial charge is 0.508 e. The first kappa shape index (κ1) is 14.8. The fourth-order valence-electron chi connectivity index (χ4n) is 5.00. The molecule has 2 aliphatic rings. The molecule has 4 rings (SSSR count).